The van der Waals surface area contributed by atoms with Crippen LogP contribution in [0.2, 0.25) is 0 Å². The topological polar surface area (TPSA) is 119 Å². The highest BCUT2D eigenvalue weighted by Gasteiger charge is 2.16. The van der Waals surface area contributed by atoms with Gasteiger partial charge in [0.25, 0.3) is 0 Å². The Morgan fingerprint density at radius 1 is 1.03 bits per heavy atom. The van der Waals surface area contributed by atoms with Gasteiger partial charge in [-0.2, -0.15) is 0 Å². The maximum Gasteiger partial charge on any atom is 0.347 e. The van der Waals surface area contributed by atoms with Crippen LogP contribution >= 0.6 is 11.3 Å². The van der Waals surface area contributed by atoms with Crippen molar-refractivity contribution in [1.29, 1.82) is 0 Å². The van der Waals surface area contributed by atoms with Crippen LogP contribution in [0.25, 0.3) is 21.6 Å². The summed E-state index contributed by atoms with van der Waals surface area (Å²) >= 11 is 1.07. The molecule has 0 saturated carbocycles. The lowest BCUT2D eigenvalue weighted by atomic mass is 10.2. The quantitative estimate of drug-likeness (QED) is 0.267. The molecule has 5 rings (SSSR count). The second kappa shape index (κ2) is 9.48. The summed E-state index contributed by atoms with van der Waals surface area (Å²) in [5.41, 5.74) is 2.36. The van der Waals surface area contributed by atoms with Crippen molar-refractivity contribution in [2.24, 2.45) is 0 Å². The molecule has 8 nitrogen and oxygen atoms in total. The van der Waals surface area contributed by atoms with Gasteiger partial charge in [0.15, 0.2) is 9.84 Å². The number of rotatable bonds is 8. The lowest BCUT2D eigenvalue weighted by Crippen LogP contribution is -1.97. The first-order valence-electron chi connectivity index (χ1n) is 10.8. The highest BCUT2D eigenvalue weighted by atomic mass is 32.2. The average Bonchev–Trinajstić information content (AvgIpc) is 3.51. The van der Waals surface area contributed by atoms with Crippen LogP contribution in [0.15, 0.2) is 83.9 Å². The molecule has 0 bridgehead atoms. The number of hydrogen-bond donors (Lipinski definition) is 2. The fourth-order valence-corrected chi connectivity index (χ4v) is 4.95. The number of sulfone groups is 1. The summed E-state index contributed by atoms with van der Waals surface area (Å²) in [5.74, 6) is 0.478. The van der Waals surface area contributed by atoms with Crippen molar-refractivity contribution in [1.82, 2.24) is 9.97 Å². The molecule has 10 heteroatoms. The van der Waals surface area contributed by atoms with E-state index in [1.54, 1.807) is 18.2 Å². The molecule has 0 radical (unpaired) electrons. The summed E-state index contributed by atoms with van der Waals surface area (Å²) in [5, 5.41) is 10.6. The number of thiazole rings is 1. The van der Waals surface area contributed by atoms with E-state index in [1.807, 2.05) is 42.5 Å². The monoisotopic (exact) mass is 520 g/mol. The Labute approximate surface area is 210 Å². The Kier molecular flexibility index (Phi) is 6.21. The number of nitrogens with one attached hydrogen (secondary N) is 1. The Morgan fingerprint density at radius 3 is 2.44 bits per heavy atom. The van der Waals surface area contributed by atoms with Crippen LogP contribution in [-0.4, -0.2) is 35.7 Å². The number of nitrogens with zero attached hydrogens (tertiary/aromatic N) is 1. The molecule has 0 spiro atoms. The summed E-state index contributed by atoms with van der Waals surface area (Å²) in [4.78, 5) is 19.1. The average molecular weight is 521 g/mol. The van der Waals surface area contributed by atoms with E-state index in [9.17, 15) is 18.3 Å². The number of hydrogen-bond acceptors (Lipinski definition) is 7. The van der Waals surface area contributed by atoms with Gasteiger partial charge in [0.05, 0.1) is 22.3 Å². The Balaban J connectivity index is 1.51. The van der Waals surface area contributed by atoms with Gasteiger partial charge in [-0.3, -0.25) is 0 Å². The lowest BCUT2D eigenvalue weighted by molar-refractivity contribution is 0.0702. The minimum Gasteiger partial charge on any atom is -0.487 e. The molecule has 2 heterocycles. The van der Waals surface area contributed by atoms with E-state index in [4.69, 9.17) is 9.47 Å². The van der Waals surface area contributed by atoms with Crippen molar-refractivity contribution in [3.63, 3.8) is 0 Å². The second-order valence-electron chi connectivity index (χ2n) is 8.02. The molecule has 2 N–H and O–H groups in total. The number of aromatic carboxylic acids is 1. The van der Waals surface area contributed by atoms with Crippen LogP contribution in [0.4, 0.5) is 0 Å². The molecule has 0 fully saturated rings. The summed E-state index contributed by atoms with van der Waals surface area (Å²) < 4.78 is 35.6. The number of H-pyrrole nitrogens is 1. The van der Waals surface area contributed by atoms with Gasteiger partial charge < -0.3 is 19.6 Å². The number of ether oxygens (including phenoxy) is 2. The van der Waals surface area contributed by atoms with Gasteiger partial charge in [0.2, 0.25) is 0 Å². The first-order chi connectivity index (χ1) is 17.3. The molecule has 5 aromatic rings. The van der Waals surface area contributed by atoms with Crippen LogP contribution in [-0.2, 0) is 16.4 Å². The molecule has 3 aromatic carbocycles. The Hall–Kier alpha value is -4.15. The predicted molar refractivity (Wildman–Crippen MR) is 137 cm³/mol. The molecule has 0 atom stereocenters. The number of benzene rings is 3. The van der Waals surface area contributed by atoms with Crippen molar-refractivity contribution >= 4 is 38.0 Å². The molecule has 0 aliphatic carbocycles. The molecule has 36 heavy (non-hydrogen) atoms. The normalized spacial score (nSPS) is 11.5. The summed E-state index contributed by atoms with van der Waals surface area (Å²) in [6, 6.07) is 21.3. The van der Waals surface area contributed by atoms with Crippen molar-refractivity contribution in [3.05, 3.63) is 89.4 Å². The zero-order valence-corrected chi connectivity index (χ0v) is 20.6. The first kappa shape index (κ1) is 23.6. The summed E-state index contributed by atoms with van der Waals surface area (Å²) in [7, 11) is -3.31. The van der Waals surface area contributed by atoms with E-state index < -0.39 is 15.8 Å². The summed E-state index contributed by atoms with van der Waals surface area (Å²) in [6.45, 7) is 0.331. The third kappa shape index (κ3) is 5.09. The number of fused-ring (bicyclic) bond motifs is 1. The van der Waals surface area contributed by atoms with E-state index in [2.05, 4.69) is 9.97 Å². The van der Waals surface area contributed by atoms with Crippen LogP contribution in [0, 0.1) is 0 Å². The zero-order valence-electron chi connectivity index (χ0n) is 19.0. The van der Waals surface area contributed by atoms with Gasteiger partial charge >= 0.3 is 5.97 Å². The second-order valence-corrected chi connectivity index (χ2v) is 11.1. The van der Waals surface area contributed by atoms with E-state index in [-0.39, 0.29) is 9.77 Å². The summed E-state index contributed by atoms with van der Waals surface area (Å²) in [6.07, 6.45) is 2.48. The predicted octanol–water partition coefficient (Wildman–Crippen LogP) is 5.76. The van der Waals surface area contributed by atoms with Crippen molar-refractivity contribution in [2.45, 2.75) is 11.5 Å². The van der Waals surface area contributed by atoms with E-state index in [0.29, 0.717) is 40.1 Å². The highest BCUT2D eigenvalue weighted by Crippen LogP contribution is 2.37. The molecular weight excluding hydrogens is 500 g/mol. The minimum atomic E-state index is -3.31. The van der Waals surface area contributed by atoms with Gasteiger partial charge in [-0.25, -0.2) is 18.2 Å². The standard InChI is InChI=1S/C26H20N2O6S2/c1-36(31,32)20-9-7-18(8-10-20)34-19-11-17-12-21(25-27-14-23(35-25)26(29)30)28-24(17)22(13-19)33-15-16-5-3-2-4-6-16/h2-14,28H,15H2,1H3,(H,29,30). The molecule has 0 unspecified atom stereocenters. The number of carboxylic acids is 1. The Bertz CT molecular complexity index is 1660. The first-order valence-corrected chi connectivity index (χ1v) is 13.5. The van der Waals surface area contributed by atoms with E-state index in [0.717, 1.165) is 28.5 Å². The third-order valence-corrected chi connectivity index (χ3v) is 7.48. The zero-order chi connectivity index (χ0) is 25.3. The Morgan fingerprint density at radius 2 is 1.78 bits per heavy atom. The molecule has 0 amide bonds. The van der Waals surface area contributed by atoms with E-state index >= 15 is 0 Å². The van der Waals surface area contributed by atoms with Gasteiger partial charge in [-0.05, 0) is 42.0 Å². The van der Waals surface area contributed by atoms with E-state index in [1.165, 1.54) is 18.3 Å². The largest absolute Gasteiger partial charge is 0.487 e. The molecule has 2 aromatic heterocycles. The van der Waals surface area contributed by atoms with Crippen molar-refractivity contribution < 1.29 is 27.8 Å². The molecule has 182 valence electrons. The maximum absolute atomic E-state index is 11.7. The third-order valence-electron chi connectivity index (χ3n) is 5.34. The highest BCUT2D eigenvalue weighted by molar-refractivity contribution is 7.90. The lowest BCUT2D eigenvalue weighted by Gasteiger charge is -2.11. The molecular formula is C26H20N2O6S2. The van der Waals surface area contributed by atoms with Crippen LogP contribution in [0.5, 0.6) is 17.2 Å². The maximum atomic E-state index is 11.7. The van der Waals surface area contributed by atoms with Gasteiger partial charge in [0, 0.05) is 17.7 Å². The van der Waals surface area contributed by atoms with Gasteiger partial charge in [-0.15, -0.1) is 11.3 Å². The minimum absolute atomic E-state index is 0.144. The van der Waals surface area contributed by atoms with Crippen molar-refractivity contribution in [3.8, 4) is 28.0 Å². The molecule has 0 aliphatic heterocycles. The number of aromatic nitrogens is 2. The van der Waals surface area contributed by atoms with Gasteiger partial charge in [0.1, 0.15) is 33.7 Å². The van der Waals surface area contributed by atoms with Crippen molar-refractivity contribution in [2.75, 3.05) is 6.26 Å². The van der Waals surface area contributed by atoms with Crippen LogP contribution in [0.3, 0.4) is 0 Å². The number of carbonyl (C=O) groups is 1. The fourth-order valence-electron chi connectivity index (χ4n) is 3.60. The smallest absolute Gasteiger partial charge is 0.347 e. The number of aromatic amines is 1. The van der Waals surface area contributed by atoms with Gasteiger partial charge in [-0.1, -0.05) is 30.3 Å². The molecule has 0 saturated heterocycles. The SMILES string of the molecule is CS(=O)(=O)c1ccc(Oc2cc(OCc3ccccc3)c3[nH]c(-c4ncc(C(=O)O)s4)cc3c2)cc1. The number of carboxylic acid groups (broad SMARTS) is 1. The molecule has 0 aliphatic rings. The van der Waals surface area contributed by atoms with Crippen LogP contribution in [0.1, 0.15) is 15.2 Å². The van der Waals surface area contributed by atoms with Crippen LogP contribution < -0.4 is 9.47 Å². The fraction of sp³-hybridized carbons (Fsp3) is 0.0769.